The van der Waals surface area contributed by atoms with Gasteiger partial charge in [-0.3, -0.25) is 4.68 Å². The van der Waals surface area contributed by atoms with Crippen LogP contribution in [0.4, 0.5) is 0 Å². The number of nitrogens with zero attached hydrogens (tertiary/aromatic N) is 2. The molecule has 1 atom stereocenters. The van der Waals surface area contributed by atoms with Crippen LogP contribution in [0.1, 0.15) is 39.3 Å². The van der Waals surface area contributed by atoms with Crippen molar-refractivity contribution in [3.05, 3.63) is 18.0 Å². The summed E-state index contributed by atoms with van der Waals surface area (Å²) in [6.07, 6.45) is 5.64. The van der Waals surface area contributed by atoms with Gasteiger partial charge in [-0.2, -0.15) is 5.10 Å². The maximum absolute atomic E-state index is 4.45. The third-order valence-corrected chi connectivity index (χ3v) is 2.78. The largest absolute Gasteiger partial charge is 0.314 e. The number of hydrogen-bond acceptors (Lipinski definition) is 2. The third-order valence-electron chi connectivity index (χ3n) is 2.78. The Bertz CT molecular complexity index is 291. The fraction of sp³-hybridized carbons (Fsp3) is 0.769. The molecule has 92 valence electrons. The van der Waals surface area contributed by atoms with Crippen LogP contribution in [0, 0.1) is 5.92 Å². The molecule has 1 aromatic rings. The summed E-state index contributed by atoms with van der Waals surface area (Å²) >= 11 is 0. The zero-order valence-electron chi connectivity index (χ0n) is 11.0. The van der Waals surface area contributed by atoms with E-state index in [0.717, 1.165) is 13.0 Å². The van der Waals surface area contributed by atoms with Gasteiger partial charge in [-0.15, -0.1) is 0 Å². The molecule has 0 saturated carbocycles. The molecule has 1 unspecified atom stereocenters. The van der Waals surface area contributed by atoms with E-state index in [9.17, 15) is 0 Å². The fourth-order valence-corrected chi connectivity index (χ4v) is 1.95. The molecule has 0 bridgehead atoms. The zero-order chi connectivity index (χ0) is 12.0. The second-order valence-electron chi connectivity index (χ2n) is 4.90. The summed E-state index contributed by atoms with van der Waals surface area (Å²) in [6.45, 7) is 7.75. The first kappa shape index (κ1) is 13.2. The van der Waals surface area contributed by atoms with Crippen molar-refractivity contribution in [1.82, 2.24) is 15.1 Å². The van der Waals surface area contributed by atoms with E-state index >= 15 is 0 Å². The van der Waals surface area contributed by atoms with Crippen molar-refractivity contribution < 1.29 is 0 Å². The van der Waals surface area contributed by atoms with Gasteiger partial charge in [-0.05, 0) is 31.4 Å². The van der Waals surface area contributed by atoms with Crippen LogP contribution in [0.2, 0.25) is 0 Å². The van der Waals surface area contributed by atoms with Crippen LogP contribution in [0.3, 0.4) is 0 Å². The maximum Gasteiger partial charge on any atom is 0.0627 e. The Kier molecular flexibility index (Phi) is 5.53. The molecule has 0 saturated heterocycles. The lowest BCUT2D eigenvalue weighted by Gasteiger charge is -2.17. The summed E-state index contributed by atoms with van der Waals surface area (Å²) in [6, 6.07) is 2.70. The molecule has 16 heavy (non-hydrogen) atoms. The van der Waals surface area contributed by atoms with Crippen molar-refractivity contribution >= 4 is 0 Å². The fourth-order valence-electron chi connectivity index (χ4n) is 1.95. The molecule has 0 aliphatic heterocycles. The minimum absolute atomic E-state index is 0.572. The Hall–Kier alpha value is -0.830. The number of nitrogens with one attached hydrogen (secondary N) is 1. The molecule has 0 aromatic carbocycles. The summed E-state index contributed by atoms with van der Waals surface area (Å²) < 4.78 is 1.88. The third kappa shape index (κ3) is 4.79. The van der Waals surface area contributed by atoms with E-state index in [-0.39, 0.29) is 0 Å². The van der Waals surface area contributed by atoms with E-state index in [1.165, 1.54) is 18.5 Å². The van der Waals surface area contributed by atoms with Crippen LogP contribution in [-0.2, 0) is 13.5 Å². The Morgan fingerprint density at radius 3 is 2.69 bits per heavy atom. The number of hydrogen-bond donors (Lipinski definition) is 1. The second kappa shape index (κ2) is 6.69. The lowest BCUT2D eigenvalue weighted by atomic mass is 9.98. The molecule has 0 aliphatic rings. The first-order chi connectivity index (χ1) is 7.61. The molecular formula is C13H25N3. The average molecular weight is 223 g/mol. The summed E-state index contributed by atoms with van der Waals surface area (Å²) in [5.74, 6) is 0.710. The van der Waals surface area contributed by atoms with Gasteiger partial charge in [-0.25, -0.2) is 0 Å². The van der Waals surface area contributed by atoms with Gasteiger partial charge in [0.15, 0.2) is 0 Å². The first-order valence-corrected chi connectivity index (χ1v) is 6.33. The van der Waals surface area contributed by atoms with Gasteiger partial charge in [0.2, 0.25) is 0 Å². The average Bonchev–Trinajstić information content (AvgIpc) is 2.61. The van der Waals surface area contributed by atoms with Crippen LogP contribution >= 0.6 is 0 Å². The molecular weight excluding hydrogens is 198 g/mol. The molecule has 1 N–H and O–H groups in total. The van der Waals surface area contributed by atoms with Crippen LogP contribution < -0.4 is 5.32 Å². The van der Waals surface area contributed by atoms with E-state index in [1.54, 1.807) is 0 Å². The van der Waals surface area contributed by atoms with Gasteiger partial charge in [-0.1, -0.05) is 27.2 Å². The van der Waals surface area contributed by atoms with Crippen molar-refractivity contribution in [3.8, 4) is 0 Å². The van der Waals surface area contributed by atoms with Gasteiger partial charge in [0, 0.05) is 19.3 Å². The summed E-state index contributed by atoms with van der Waals surface area (Å²) in [7, 11) is 1.98. The molecule has 0 aliphatic carbocycles. The molecule has 0 amide bonds. The van der Waals surface area contributed by atoms with Crippen molar-refractivity contribution in [2.75, 3.05) is 6.54 Å². The van der Waals surface area contributed by atoms with Crippen LogP contribution in [-0.4, -0.2) is 22.4 Å². The van der Waals surface area contributed by atoms with Gasteiger partial charge in [0.05, 0.1) is 5.69 Å². The number of aryl methyl sites for hydroxylation is 1. The smallest absolute Gasteiger partial charge is 0.0627 e. The van der Waals surface area contributed by atoms with Gasteiger partial charge in [0.1, 0.15) is 0 Å². The van der Waals surface area contributed by atoms with E-state index in [4.69, 9.17) is 0 Å². The highest BCUT2D eigenvalue weighted by Gasteiger charge is 2.10. The predicted molar refractivity (Wildman–Crippen MR) is 68.4 cm³/mol. The molecule has 0 radical (unpaired) electrons. The monoisotopic (exact) mass is 223 g/mol. The van der Waals surface area contributed by atoms with E-state index in [0.29, 0.717) is 12.0 Å². The number of rotatable bonds is 7. The molecule has 0 fully saturated rings. The summed E-state index contributed by atoms with van der Waals surface area (Å²) in [4.78, 5) is 0. The highest BCUT2D eigenvalue weighted by molar-refractivity contribution is 5.00. The Morgan fingerprint density at radius 2 is 2.19 bits per heavy atom. The molecule has 1 rings (SSSR count). The SMILES string of the molecule is CCCC(CNC(C)C)Cc1ccn(C)n1. The van der Waals surface area contributed by atoms with E-state index in [1.807, 2.05) is 17.9 Å². The lowest BCUT2D eigenvalue weighted by molar-refractivity contribution is 0.414. The Labute approximate surface area is 99.2 Å². The van der Waals surface area contributed by atoms with E-state index < -0.39 is 0 Å². The van der Waals surface area contributed by atoms with Crippen molar-refractivity contribution in [2.24, 2.45) is 13.0 Å². The maximum atomic E-state index is 4.45. The number of aromatic nitrogens is 2. The van der Waals surface area contributed by atoms with Crippen LogP contribution in [0.15, 0.2) is 12.3 Å². The quantitative estimate of drug-likeness (QED) is 0.769. The summed E-state index contributed by atoms with van der Waals surface area (Å²) in [5.41, 5.74) is 1.21. The first-order valence-electron chi connectivity index (χ1n) is 6.33. The Balaban J connectivity index is 2.43. The molecule has 1 heterocycles. The molecule has 3 heteroatoms. The molecule has 3 nitrogen and oxygen atoms in total. The molecule has 1 aromatic heterocycles. The topological polar surface area (TPSA) is 29.9 Å². The highest BCUT2D eigenvalue weighted by atomic mass is 15.2. The van der Waals surface area contributed by atoms with Crippen molar-refractivity contribution in [2.45, 2.75) is 46.1 Å². The minimum Gasteiger partial charge on any atom is -0.314 e. The van der Waals surface area contributed by atoms with Crippen molar-refractivity contribution in [1.29, 1.82) is 0 Å². The van der Waals surface area contributed by atoms with Crippen LogP contribution in [0.25, 0.3) is 0 Å². The normalized spacial score (nSPS) is 13.3. The lowest BCUT2D eigenvalue weighted by Crippen LogP contribution is -2.30. The van der Waals surface area contributed by atoms with Gasteiger partial charge < -0.3 is 5.32 Å². The standard InChI is InChI=1S/C13H25N3/c1-5-6-12(10-14-11(2)3)9-13-7-8-16(4)15-13/h7-8,11-12,14H,5-6,9-10H2,1-4H3. The zero-order valence-corrected chi connectivity index (χ0v) is 11.0. The Morgan fingerprint density at radius 1 is 1.44 bits per heavy atom. The van der Waals surface area contributed by atoms with Crippen LogP contribution in [0.5, 0.6) is 0 Å². The summed E-state index contributed by atoms with van der Waals surface area (Å²) in [5, 5.41) is 7.97. The second-order valence-corrected chi connectivity index (χ2v) is 4.90. The predicted octanol–water partition coefficient (Wildman–Crippen LogP) is 2.38. The van der Waals surface area contributed by atoms with Gasteiger partial charge >= 0.3 is 0 Å². The van der Waals surface area contributed by atoms with Crippen molar-refractivity contribution in [3.63, 3.8) is 0 Å². The minimum atomic E-state index is 0.572. The highest BCUT2D eigenvalue weighted by Crippen LogP contribution is 2.12. The van der Waals surface area contributed by atoms with Gasteiger partial charge in [0.25, 0.3) is 0 Å². The van der Waals surface area contributed by atoms with E-state index in [2.05, 4.69) is 37.3 Å². The molecule has 0 spiro atoms.